The summed E-state index contributed by atoms with van der Waals surface area (Å²) in [4.78, 5) is 16.2. The minimum Gasteiger partial charge on any atom is -0.358 e. The smallest absolute Gasteiger partial charge is 0.190 e. The van der Waals surface area contributed by atoms with Gasteiger partial charge in [-0.2, -0.15) is 5.10 Å². The minimum absolute atomic E-state index is 0.0303. The number of hydrogen-bond donors (Lipinski definition) is 1. The second kappa shape index (κ2) is 7.21. The van der Waals surface area contributed by atoms with E-state index >= 15 is 0 Å². The number of aromatic amines is 1. The molecule has 0 saturated heterocycles. The van der Waals surface area contributed by atoms with Crippen LogP contribution in [0.4, 0.5) is 0 Å². The van der Waals surface area contributed by atoms with E-state index in [0.717, 1.165) is 33.6 Å². The van der Waals surface area contributed by atoms with Gasteiger partial charge in [0, 0.05) is 46.1 Å². The van der Waals surface area contributed by atoms with Gasteiger partial charge in [0.05, 0.1) is 11.8 Å². The molecule has 0 spiro atoms. The summed E-state index contributed by atoms with van der Waals surface area (Å²) in [6.07, 6.45) is 5.51. The zero-order valence-electron chi connectivity index (χ0n) is 16.5. The first-order valence-corrected chi connectivity index (χ1v) is 10.3. The van der Waals surface area contributed by atoms with Crippen molar-refractivity contribution in [2.24, 2.45) is 0 Å². The van der Waals surface area contributed by atoms with Gasteiger partial charge in [-0.3, -0.25) is 4.79 Å². The molecular weight excluding hydrogens is 378 g/mol. The van der Waals surface area contributed by atoms with Crippen molar-refractivity contribution in [1.29, 1.82) is 0 Å². The maximum Gasteiger partial charge on any atom is 0.190 e. The van der Waals surface area contributed by atoms with Gasteiger partial charge in [0.25, 0.3) is 0 Å². The predicted molar refractivity (Wildman–Crippen MR) is 116 cm³/mol. The lowest BCUT2D eigenvalue weighted by Crippen LogP contribution is -2.13. The SMILES string of the molecule is CSn1cc(-c2c(C)[nH]c(-c3cc(Cl)c(C(C)(C)C)cc3C)cc2=O)cn1. The summed E-state index contributed by atoms with van der Waals surface area (Å²) in [6, 6.07) is 5.71. The number of rotatable bonds is 3. The number of pyridine rings is 1. The number of aryl methyl sites for hydroxylation is 2. The van der Waals surface area contributed by atoms with E-state index in [2.05, 4.69) is 36.9 Å². The average Bonchev–Trinajstić information content (AvgIpc) is 3.03. The molecule has 6 heteroatoms. The molecule has 0 radical (unpaired) electrons. The van der Waals surface area contributed by atoms with Crippen molar-refractivity contribution in [2.45, 2.75) is 40.0 Å². The molecule has 0 fully saturated rings. The molecule has 0 unspecified atom stereocenters. The summed E-state index contributed by atoms with van der Waals surface area (Å²) in [6.45, 7) is 10.4. The van der Waals surface area contributed by atoms with Crippen molar-refractivity contribution < 1.29 is 0 Å². The summed E-state index contributed by atoms with van der Waals surface area (Å²) in [7, 11) is 0. The van der Waals surface area contributed by atoms with Gasteiger partial charge in [-0.05, 0) is 48.4 Å². The number of nitrogens with one attached hydrogen (secondary N) is 1. The van der Waals surface area contributed by atoms with Crippen LogP contribution in [0.1, 0.15) is 37.6 Å². The van der Waals surface area contributed by atoms with Crippen LogP contribution < -0.4 is 5.43 Å². The molecular formula is C21H24ClN3OS. The van der Waals surface area contributed by atoms with Crippen LogP contribution in [0, 0.1) is 13.8 Å². The summed E-state index contributed by atoms with van der Waals surface area (Å²) >= 11 is 8.04. The molecule has 3 aromatic rings. The number of halogens is 1. The number of benzene rings is 1. The van der Waals surface area contributed by atoms with Crippen LogP contribution in [-0.2, 0) is 5.41 Å². The van der Waals surface area contributed by atoms with Gasteiger partial charge in [0.2, 0.25) is 0 Å². The molecule has 27 heavy (non-hydrogen) atoms. The molecule has 4 nitrogen and oxygen atoms in total. The molecule has 0 aliphatic rings. The molecule has 0 aliphatic carbocycles. The third-order valence-electron chi connectivity index (χ3n) is 4.67. The standard InChI is InChI=1S/C21H24ClN3OS/c1-12-7-16(21(3,4)5)17(22)8-15(12)18-9-19(26)20(13(2)24-18)14-10-23-25(11-14)27-6/h7-11H,1-6H3,(H,24,26). The lowest BCUT2D eigenvalue weighted by atomic mass is 9.85. The molecule has 2 heterocycles. The van der Waals surface area contributed by atoms with Gasteiger partial charge >= 0.3 is 0 Å². The Bertz CT molecular complexity index is 1060. The fourth-order valence-corrected chi connectivity index (χ4v) is 4.08. The highest BCUT2D eigenvalue weighted by Gasteiger charge is 2.20. The van der Waals surface area contributed by atoms with Crippen LogP contribution in [0.5, 0.6) is 0 Å². The van der Waals surface area contributed by atoms with Gasteiger partial charge in [-0.25, -0.2) is 4.09 Å². The summed E-state index contributed by atoms with van der Waals surface area (Å²) in [5.41, 5.74) is 6.11. The normalized spacial score (nSPS) is 11.8. The molecule has 1 aromatic carbocycles. The molecule has 0 bridgehead atoms. The Morgan fingerprint density at radius 2 is 1.89 bits per heavy atom. The number of hydrogen-bond acceptors (Lipinski definition) is 3. The van der Waals surface area contributed by atoms with Crippen LogP contribution in [-0.4, -0.2) is 20.4 Å². The highest BCUT2D eigenvalue weighted by Crippen LogP contribution is 2.35. The summed E-state index contributed by atoms with van der Waals surface area (Å²) in [5.74, 6) is 0. The van der Waals surface area contributed by atoms with Crippen LogP contribution in [0.2, 0.25) is 5.02 Å². The maximum absolute atomic E-state index is 12.9. The van der Waals surface area contributed by atoms with E-state index in [1.54, 1.807) is 16.4 Å². The van der Waals surface area contributed by atoms with Crippen molar-refractivity contribution in [3.63, 3.8) is 0 Å². The fourth-order valence-electron chi connectivity index (χ4n) is 3.27. The molecule has 2 aromatic heterocycles. The van der Waals surface area contributed by atoms with Gasteiger partial charge in [0.1, 0.15) is 0 Å². The van der Waals surface area contributed by atoms with E-state index in [1.165, 1.54) is 11.9 Å². The Balaban J connectivity index is 2.12. The molecule has 3 rings (SSSR count). The third kappa shape index (κ3) is 3.85. The lowest BCUT2D eigenvalue weighted by molar-refractivity contribution is 0.590. The van der Waals surface area contributed by atoms with E-state index in [1.807, 2.05) is 32.4 Å². The Morgan fingerprint density at radius 3 is 2.44 bits per heavy atom. The summed E-state index contributed by atoms with van der Waals surface area (Å²) in [5, 5.41) is 4.96. The minimum atomic E-state index is -0.0367. The average molecular weight is 402 g/mol. The van der Waals surface area contributed by atoms with Crippen LogP contribution in [0.25, 0.3) is 22.4 Å². The monoisotopic (exact) mass is 401 g/mol. The Labute approximate surface area is 169 Å². The zero-order valence-corrected chi connectivity index (χ0v) is 18.0. The van der Waals surface area contributed by atoms with Crippen molar-refractivity contribution in [3.8, 4) is 22.4 Å². The van der Waals surface area contributed by atoms with Gasteiger partial charge < -0.3 is 4.98 Å². The predicted octanol–water partition coefficient (Wildman–Crippen LogP) is 5.60. The van der Waals surface area contributed by atoms with Crippen LogP contribution >= 0.6 is 23.5 Å². The molecule has 142 valence electrons. The topological polar surface area (TPSA) is 50.7 Å². The maximum atomic E-state index is 12.9. The first-order valence-electron chi connectivity index (χ1n) is 8.76. The zero-order chi connectivity index (χ0) is 19.9. The number of H-pyrrole nitrogens is 1. The Morgan fingerprint density at radius 1 is 1.19 bits per heavy atom. The van der Waals surface area contributed by atoms with Crippen molar-refractivity contribution >= 4 is 23.5 Å². The molecule has 1 N–H and O–H groups in total. The third-order valence-corrected chi connectivity index (χ3v) is 5.55. The molecule has 0 aliphatic heterocycles. The van der Waals surface area contributed by atoms with Gasteiger partial charge in [-0.15, -0.1) is 0 Å². The van der Waals surface area contributed by atoms with E-state index < -0.39 is 0 Å². The second-order valence-corrected chi connectivity index (χ2v) is 8.90. The van der Waals surface area contributed by atoms with Crippen molar-refractivity contribution in [2.75, 3.05) is 6.26 Å². The van der Waals surface area contributed by atoms with E-state index in [0.29, 0.717) is 10.6 Å². The largest absolute Gasteiger partial charge is 0.358 e. The second-order valence-electron chi connectivity index (χ2n) is 7.76. The number of nitrogens with zero attached hydrogens (tertiary/aromatic N) is 2. The first kappa shape index (κ1) is 19.8. The summed E-state index contributed by atoms with van der Waals surface area (Å²) < 4.78 is 1.73. The Kier molecular flexibility index (Phi) is 5.28. The highest BCUT2D eigenvalue weighted by atomic mass is 35.5. The highest BCUT2D eigenvalue weighted by molar-refractivity contribution is 7.97. The van der Waals surface area contributed by atoms with E-state index in [-0.39, 0.29) is 10.8 Å². The first-order chi connectivity index (χ1) is 12.6. The van der Waals surface area contributed by atoms with Gasteiger partial charge in [0.15, 0.2) is 5.43 Å². The molecule has 0 amide bonds. The Hall–Kier alpha value is -1.98. The van der Waals surface area contributed by atoms with Crippen LogP contribution in [0.3, 0.4) is 0 Å². The van der Waals surface area contributed by atoms with Crippen molar-refractivity contribution in [1.82, 2.24) is 14.2 Å². The van der Waals surface area contributed by atoms with E-state index in [9.17, 15) is 4.79 Å². The van der Waals surface area contributed by atoms with E-state index in [4.69, 9.17) is 11.6 Å². The molecule has 0 atom stereocenters. The van der Waals surface area contributed by atoms with Crippen molar-refractivity contribution in [3.05, 3.63) is 62.7 Å². The fraction of sp³-hybridized carbons (Fsp3) is 0.333. The van der Waals surface area contributed by atoms with Gasteiger partial charge in [-0.1, -0.05) is 38.4 Å². The van der Waals surface area contributed by atoms with Crippen LogP contribution in [0.15, 0.2) is 35.4 Å². The lowest BCUT2D eigenvalue weighted by Gasteiger charge is -2.22. The molecule has 0 saturated carbocycles. The number of aromatic nitrogens is 3. The quantitative estimate of drug-likeness (QED) is 0.621.